The van der Waals surface area contributed by atoms with Gasteiger partial charge in [0.2, 0.25) is 5.78 Å². The average molecular weight is 462 g/mol. The van der Waals surface area contributed by atoms with Crippen LogP contribution in [0.15, 0.2) is 60.7 Å². The molecule has 0 aliphatic carbocycles. The van der Waals surface area contributed by atoms with Gasteiger partial charge in [-0.1, -0.05) is 95.3 Å². The van der Waals surface area contributed by atoms with Crippen LogP contribution in [0.1, 0.15) is 56.6 Å². The SMILES string of the molecule is CC(C)C(N[C@@H](CO[Si](C)(C)C(C)(C)C)c1ccccc1)C(F)(F)C(=O)c1ccccc1. The topological polar surface area (TPSA) is 38.3 Å². The summed E-state index contributed by atoms with van der Waals surface area (Å²) >= 11 is 0. The van der Waals surface area contributed by atoms with Crippen molar-refractivity contribution in [3.05, 3.63) is 71.8 Å². The van der Waals surface area contributed by atoms with E-state index < -0.39 is 38.0 Å². The van der Waals surface area contributed by atoms with Gasteiger partial charge in [-0.3, -0.25) is 10.1 Å². The van der Waals surface area contributed by atoms with Crippen molar-refractivity contribution in [2.24, 2.45) is 5.92 Å². The quantitative estimate of drug-likeness (QED) is 0.309. The Balaban J connectivity index is 2.34. The molecule has 0 aliphatic rings. The van der Waals surface area contributed by atoms with E-state index in [-0.39, 0.29) is 17.2 Å². The maximum Gasteiger partial charge on any atom is 0.324 e. The van der Waals surface area contributed by atoms with Crippen LogP contribution in [0, 0.1) is 5.92 Å². The van der Waals surface area contributed by atoms with Gasteiger partial charge < -0.3 is 4.43 Å². The summed E-state index contributed by atoms with van der Waals surface area (Å²) in [5.74, 6) is -5.21. The summed E-state index contributed by atoms with van der Waals surface area (Å²) in [5, 5.41) is 3.11. The second kappa shape index (κ2) is 10.4. The Morgan fingerprint density at radius 2 is 1.47 bits per heavy atom. The fraction of sp³-hybridized carbons (Fsp3) is 0.500. The molecule has 0 aromatic heterocycles. The Morgan fingerprint density at radius 3 is 1.94 bits per heavy atom. The van der Waals surface area contributed by atoms with Gasteiger partial charge in [-0.05, 0) is 29.6 Å². The molecule has 176 valence electrons. The lowest BCUT2D eigenvalue weighted by molar-refractivity contribution is -0.0317. The molecule has 2 rings (SSSR count). The van der Waals surface area contributed by atoms with Gasteiger partial charge in [0, 0.05) is 5.56 Å². The first-order valence-electron chi connectivity index (χ1n) is 11.2. The Bertz CT molecular complexity index is 864. The van der Waals surface area contributed by atoms with Crippen molar-refractivity contribution >= 4 is 14.1 Å². The number of nitrogens with one attached hydrogen (secondary N) is 1. The van der Waals surface area contributed by atoms with Crippen LogP contribution >= 0.6 is 0 Å². The zero-order valence-electron chi connectivity index (χ0n) is 20.3. The lowest BCUT2D eigenvalue weighted by Crippen LogP contribution is -2.55. The second-order valence-corrected chi connectivity index (χ2v) is 15.1. The van der Waals surface area contributed by atoms with Gasteiger partial charge >= 0.3 is 5.92 Å². The molecule has 6 heteroatoms. The Morgan fingerprint density at radius 1 is 0.969 bits per heavy atom. The minimum absolute atomic E-state index is 0.00109. The molecule has 1 N–H and O–H groups in total. The first-order chi connectivity index (χ1) is 14.8. The molecule has 0 bridgehead atoms. The van der Waals surface area contributed by atoms with E-state index in [1.165, 1.54) is 12.1 Å². The molecule has 2 aromatic carbocycles. The zero-order valence-corrected chi connectivity index (χ0v) is 21.3. The maximum atomic E-state index is 15.5. The van der Waals surface area contributed by atoms with Crippen LogP contribution < -0.4 is 5.32 Å². The van der Waals surface area contributed by atoms with E-state index in [4.69, 9.17) is 4.43 Å². The molecule has 0 saturated carbocycles. The molecule has 32 heavy (non-hydrogen) atoms. The highest BCUT2D eigenvalue weighted by molar-refractivity contribution is 6.74. The predicted octanol–water partition coefficient (Wildman–Crippen LogP) is 6.88. The second-order valence-electron chi connectivity index (χ2n) is 10.2. The molecular weight excluding hydrogens is 424 g/mol. The van der Waals surface area contributed by atoms with Gasteiger partial charge in [0.15, 0.2) is 8.32 Å². The van der Waals surface area contributed by atoms with Crippen LogP contribution in [0.25, 0.3) is 0 Å². The third kappa shape index (κ3) is 6.33. The van der Waals surface area contributed by atoms with Gasteiger partial charge in [-0.2, -0.15) is 8.78 Å². The number of alkyl halides is 2. The lowest BCUT2D eigenvalue weighted by Gasteiger charge is -2.39. The van der Waals surface area contributed by atoms with Crippen LogP contribution in [0.4, 0.5) is 8.78 Å². The summed E-state index contributed by atoms with van der Waals surface area (Å²) in [6, 6.07) is 15.4. The number of rotatable bonds is 10. The number of halogens is 2. The molecule has 0 heterocycles. The van der Waals surface area contributed by atoms with Crippen molar-refractivity contribution < 1.29 is 18.0 Å². The van der Waals surface area contributed by atoms with Crippen molar-refractivity contribution in [2.45, 2.75) is 70.8 Å². The fourth-order valence-electron chi connectivity index (χ4n) is 3.29. The van der Waals surface area contributed by atoms with E-state index in [1.54, 1.807) is 32.0 Å². The summed E-state index contributed by atoms with van der Waals surface area (Å²) < 4.78 is 37.4. The van der Waals surface area contributed by atoms with Gasteiger partial charge in [0.1, 0.15) is 0 Å². The van der Waals surface area contributed by atoms with Gasteiger partial charge in [0.05, 0.1) is 18.7 Å². The normalized spacial score (nSPS) is 14.9. The van der Waals surface area contributed by atoms with Crippen molar-refractivity contribution in [3.63, 3.8) is 0 Å². The van der Waals surface area contributed by atoms with E-state index in [0.717, 1.165) is 5.56 Å². The predicted molar refractivity (Wildman–Crippen MR) is 130 cm³/mol. The van der Waals surface area contributed by atoms with E-state index in [0.29, 0.717) is 0 Å². The molecular formula is C26H37F2NO2Si. The summed E-state index contributed by atoms with van der Waals surface area (Å²) in [7, 11) is -2.09. The van der Waals surface area contributed by atoms with Crippen molar-refractivity contribution in [3.8, 4) is 0 Å². The number of carbonyl (C=O) groups excluding carboxylic acids is 1. The maximum absolute atomic E-state index is 15.5. The van der Waals surface area contributed by atoms with Crippen LogP contribution in [0.3, 0.4) is 0 Å². The smallest absolute Gasteiger partial charge is 0.324 e. The van der Waals surface area contributed by atoms with E-state index in [1.807, 2.05) is 30.3 Å². The minimum Gasteiger partial charge on any atom is -0.415 e. The van der Waals surface area contributed by atoms with Crippen molar-refractivity contribution in [1.29, 1.82) is 0 Å². The zero-order chi connectivity index (χ0) is 24.2. The van der Waals surface area contributed by atoms with E-state index in [2.05, 4.69) is 39.2 Å². The number of ketones is 1. The molecule has 0 saturated heterocycles. The molecule has 0 amide bonds. The van der Waals surface area contributed by atoms with Crippen LogP contribution in [-0.4, -0.2) is 32.7 Å². The largest absolute Gasteiger partial charge is 0.415 e. The Kier molecular flexibility index (Phi) is 8.54. The molecule has 0 fully saturated rings. The number of hydrogen-bond donors (Lipinski definition) is 1. The summed E-state index contributed by atoms with van der Waals surface area (Å²) in [5.41, 5.74) is 0.874. The number of carbonyl (C=O) groups is 1. The molecule has 1 unspecified atom stereocenters. The number of Topliss-reactive ketones (excluding diaryl/α,β-unsaturated/α-hetero) is 1. The van der Waals surface area contributed by atoms with Crippen LogP contribution in [-0.2, 0) is 4.43 Å². The molecule has 0 spiro atoms. The highest BCUT2D eigenvalue weighted by Gasteiger charge is 2.49. The van der Waals surface area contributed by atoms with Gasteiger partial charge in [-0.25, -0.2) is 0 Å². The van der Waals surface area contributed by atoms with E-state index in [9.17, 15) is 4.79 Å². The monoisotopic (exact) mass is 461 g/mol. The standard InChI is InChI=1S/C26H37F2NO2Si/c1-19(2)23(26(27,28)24(30)21-16-12-9-13-17-21)29-22(20-14-10-8-11-15-20)18-31-32(6,7)25(3,4)5/h8-17,19,22-23,29H,18H2,1-7H3/t22-,23?/m0/s1. The van der Waals surface area contributed by atoms with Crippen LogP contribution in [0.2, 0.25) is 18.1 Å². The van der Waals surface area contributed by atoms with E-state index >= 15 is 8.78 Å². The summed E-state index contributed by atoms with van der Waals surface area (Å²) in [4.78, 5) is 12.8. The Hall–Kier alpha value is -1.89. The van der Waals surface area contributed by atoms with Gasteiger partial charge in [-0.15, -0.1) is 0 Å². The first kappa shape index (κ1) is 26.4. The third-order valence-electron chi connectivity index (χ3n) is 6.40. The van der Waals surface area contributed by atoms with Crippen molar-refractivity contribution in [1.82, 2.24) is 5.32 Å². The van der Waals surface area contributed by atoms with Gasteiger partial charge in [0.25, 0.3) is 0 Å². The number of hydrogen-bond acceptors (Lipinski definition) is 3. The highest BCUT2D eigenvalue weighted by atomic mass is 28.4. The molecule has 3 nitrogen and oxygen atoms in total. The molecule has 2 atom stereocenters. The first-order valence-corrected chi connectivity index (χ1v) is 14.1. The van der Waals surface area contributed by atoms with Crippen LogP contribution in [0.5, 0.6) is 0 Å². The number of benzene rings is 2. The van der Waals surface area contributed by atoms with Crippen molar-refractivity contribution in [2.75, 3.05) is 6.61 Å². The minimum atomic E-state index is -3.57. The summed E-state index contributed by atoms with van der Waals surface area (Å²) in [6.07, 6.45) is 0. The fourth-order valence-corrected chi connectivity index (χ4v) is 4.31. The average Bonchev–Trinajstić information content (AvgIpc) is 2.73. The highest BCUT2D eigenvalue weighted by Crippen LogP contribution is 2.37. The molecule has 0 radical (unpaired) electrons. The molecule has 2 aromatic rings. The molecule has 0 aliphatic heterocycles. The lowest BCUT2D eigenvalue weighted by atomic mass is 9.90. The third-order valence-corrected chi connectivity index (χ3v) is 10.9. The summed E-state index contributed by atoms with van der Waals surface area (Å²) in [6.45, 7) is 14.4. The Labute approximate surface area is 192 Å².